The van der Waals surface area contributed by atoms with Gasteiger partial charge in [0.15, 0.2) is 11.6 Å². The van der Waals surface area contributed by atoms with Gasteiger partial charge in [0.05, 0.1) is 6.20 Å². The molecule has 0 fully saturated rings. The molecule has 15 heavy (non-hydrogen) atoms. The van der Waals surface area contributed by atoms with E-state index in [9.17, 15) is 13.2 Å². The van der Waals surface area contributed by atoms with Crippen molar-refractivity contribution in [1.82, 2.24) is 4.98 Å². The summed E-state index contributed by atoms with van der Waals surface area (Å²) in [7, 11) is 0. The van der Waals surface area contributed by atoms with Crippen LogP contribution >= 0.6 is 0 Å². The van der Waals surface area contributed by atoms with Gasteiger partial charge in [-0.25, -0.2) is 13.2 Å². The van der Waals surface area contributed by atoms with Gasteiger partial charge in [0.25, 0.3) is 0 Å². The summed E-state index contributed by atoms with van der Waals surface area (Å²) < 4.78 is 39.4. The van der Waals surface area contributed by atoms with Crippen molar-refractivity contribution in [2.24, 2.45) is 0 Å². The van der Waals surface area contributed by atoms with Crippen molar-refractivity contribution in [1.29, 1.82) is 0 Å². The fraction of sp³-hybridized carbons (Fsp3) is 0. The highest BCUT2D eigenvalue weighted by atomic mass is 19.2. The van der Waals surface area contributed by atoms with Crippen molar-refractivity contribution in [2.45, 2.75) is 0 Å². The molecular formula is C11H6F3N. The molecule has 4 heteroatoms. The number of hydrogen-bond acceptors (Lipinski definition) is 1. The van der Waals surface area contributed by atoms with Crippen molar-refractivity contribution in [3.63, 3.8) is 0 Å². The number of rotatable bonds is 1. The number of pyridine rings is 1. The molecule has 0 aliphatic heterocycles. The van der Waals surface area contributed by atoms with Gasteiger partial charge in [0.1, 0.15) is 5.82 Å². The van der Waals surface area contributed by atoms with Gasteiger partial charge < -0.3 is 0 Å². The lowest BCUT2D eigenvalue weighted by Crippen LogP contribution is -1.92. The Morgan fingerprint density at radius 3 is 2.40 bits per heavy atom. The first kappa shape index (κ1) is 9.71. The van der Waals surface area contributed by atoms with Crippen LogP contribution in [0, 0.1) is 17.5 Å². The van der Waals surface area contributed by atoms with Crippen LogP contribution in [0.25, 0.3) is 11.1 Å². The Labute approximate surface area is 84.2 Å². The third-order valence-electron chi connectivity index (χ3n) is 2.01. The smallest absolute Gasteiger partial charge is 0.166 e. The maximum Gasteiger partial charge on any atom is 0.166 e. The SMILES string of the molecule is Fc1cnccc1-c1cccc(F)c1F. The molecule has 76 valence electrons. The minimum Gasteiger partial charge on any atom is -0.262 e. The lowest BCUT2D eigenvalue weighted by atomic mass is 10.1. The summed E-state index contributed by atoms with van der Waals surface area (Å²) in [4.78, 5) is 3.53. The molecule has 0 aliphatic rings. The number of aromatic nitrogens is 1. The Morgan fingerprint density at radius 1 is 0.867 bits per heavy atom. The topological polar surface area (TPSA) is 12.9 Å². The molecule has 1 heterocycles. The second-order valence-electron chi connectivity index (χ2n) is 2.96. The van der Waals surface area contributed by atoms with Gasteiger partial charge in [0, 0.05) is 17.3 Å². The summed E-state index contributed by atoms with van der Waals surface area (Å²) in [5, 5.41) is 0. The van der Waals surface area contributed by atoms with E-state index in [1.54, 1.807) is 0 Å². The van der Waals surface area contributed by atoms with E-state index in [1.807, 2.05) is 0 Å². The first-order chi connectivity index (χ1) is 7.20. The second-order valence-corrected chi connectivity index (χ2v) is 2.96. The molecular weight excluding hydrogens is 203 g/mol. The predicted octanol–water partition coefficient (Wildman–Crippen LogP) is 3.17. The van der Waals surface area contributed by atoms with Gasteiger partial charge in [0.2, 0.25) is 0 Å². The number of hydrogen-bond donors (Lipinski definition) is 0. The Morgan fingerprint density at radius 2 is 1.67 bits per heavy atom. The van der Waals surface area contributed by atoms with E-state index >= 15 is 0 Å². The lowest BCUT2D eigenvalue weighted by molar-refractivity contribution is 0.510. The maximum absolute atomic E-state index is 13.3. The number of halogens is 3. The second kappa shape index (κ2) is 3.73. The lowest BCUT2D eigenvalue weighted by Gasteiger charge is -2.04. The van der Waals surface area contributed by atoms with E-state index in [0.717, 1.165) is 12.3 Å². The molecule has 0 spiro atoms. The average molecular weight is 209 g/mol. The van der Waals surface area contributed by atoms with Crippen LogP contribution in [0.1, 0.15) is 0 Å². The van der Waals surface area contributed by atoms with E-state index < -0.39 is 17.5 Å². The molecule has 0 saturated heterocycles. The molecule has 1 nitrogen and oxygen atoms in total. The summed E-state index contributed by atoms with van der Waals surface area (Å²) in [6.07, 6.45) is 2.28. The molecule has 0 saturated carbocycles. The van der Waals surface area contributed by atoms with E-state index in [0.29, 0.717) is 0 Å². The standard InChI is InChI=1S/C11H6F3N/c12-9-3-1-2-8(11(9)14)7-4-5-15-6-10(7)13/h1-6H. The van der Waals surface area contributed by atoms with Crippen LogP contribution in [0.3, 0.4) is 0 Å². The Kier molecular flexibility index (Phi) is 2.41. The zero-order valence-electron chi connectivity index (χ0n) is 7.55. The van der Waals surface area contributed by atoms with E-state index in [2.05, 4.69) is 4.98 Å². The fourth-order valence-electron chi connectivity index (χ4n) is 1.31. The van der Waals surface area contributed by atoms with Crippen molar-refractivity contribution in [3.05, 3.63) is 54.1 Å². The van der Waals surface area contributed by atoms with Crippen LogP contribution in [0.15, 0.2) is 36.7 Å². The van der Waals surface area contributed by atoms with Gasteiger partial charge in [-0.2, -0.15) is 0 Å². The zero-order valence-corrected chi connectivity index (χ0v) is 7.55. The van der Waals surface area contributed by atoms with Gasteiger partial charge in [-0.05, 0) is 12.1 Å². The minimum atomic E-state index is -1.05. The number of nitrogens with zero attached hydrogens (tertiary/aromatic N) is 1. The fourth-order valence-corrected chi connectivity index (χ4v) is 1.31. The first-order valence-corrected chi connectivity index (χ1v) is 4.24. The van der Waals surface area contributed by atoms with Crippen LogP contribution in [0.4, 0.5) is 13.2 Å². The minimum absolute atomic E-state index is 0.00185. The molecule has 2 rings (SSSR count). The van der Waals surface area contributed by atoms with Crippen LogP contribution in [-0.4, -0.2) is 4.98 Å². The highest BCUT2D eigenvalue weighted by Gasteiger charge is 2.12. The normalized spacial score (nSPS) is 10.3. The van der Waals surface area contributed by atoms with Gasteiger partial charge in [-0.15, -0.1) is 0 Å². The summed E-state index contributed by atoms with van der Waals surface area (Å²) in [5.74, 6) is -2.73. The zero-order chi connectivity index (χ0) is 10.8. The summed E-state index contributed by atoms with van der Waals surface area (Å²) in [6.45, 7) is 0. The molecule has 0 N–H and O–H groups in total. The van der Waals surface area contributed by atoms with Crippen molar-refractivity contribution in [3.8, 4) is 11.1 Å². The maximum atomic E-state index is 13.3. The molecule has 0 radical (unpaired) electrons. The number of benzene rings is 1. The summed E-state index contributed by atoms with van der Waals surface area (Å²) in [6, 6.07) is 4.93. The Balaban J connectivity index is 2.65. The molecule has 0 atom stereocenters. The third-order valence-corrected chi connectivity index (χ3v) is 2.01. The Hall–Kier alpha value is -1.84. The quantitative estimate of drug-likeness (QED) is 0.702. The molecule has 2 aromatic rings. The van der Waals surface area contributed by atoms with Crippen LogP contribution in [0.5, 0.6) is 0 Å². The highest BCUT2D eigenvalue weighted by molar-refractivity contribution is 5.64. The Bertz CT molecular complexity index is 497. The largest absolute Gasteiger partial charge is 0.262 e. The molecule has 1 aromatic carbocycles. The monoisotopic (exact) mass is 209 g/mol. The molecule has 0 amide bonds. The summed E-state index contributed by atoms with van der Waals surface area (Å²) in [5.41, 5.74) is -0.100. The summed E-state index contributed by atoms with van der Waals surface area (Å²) >= 11 is 0. The van der Waals surface area contributed by atoms with E-state index in [4.69, 9.17) is 0 Å². The van der Waals surface area contributed by atoms with E-state index in [-0.39, 0.29) is 11.1 Å². The van der Waals surface area contributed by atoms with Gasteiger partial charge >= 0.3 is 0 Å². The van der Waals surface area contributed by atoms with E-state index in [1.165, 1.54) is 24.4 Å². The van der Waals surface area contributed by atoms with Crippen molar-refractivity contribution in [2.75, 3.05) is 0 Å². The third kappa shape index (κ3) is 1.70. The molecule has 0 unspecified atom stereocenters. The first-order valence-electron chi connectivity index (χ1n) is 4.24. The van der Waals surface area contributed by atoms with Crippen LogP contribution in [0.2, 0.25) is 0 Å². The molecule has 0 aliphatic carbocycles. The van der Waals surface area contributed by atoms with Gasteiger partial charge in [-0.1, -0.05) is 12.1 Å². The van der Waals surface area contributed by atoms with Crippen LogP contribution in [-0.2, 0) is 0 Å². The van der Waals surface area contributed by atoms with Crippen molar-refractivity contribution >= 4 is 0 Å². The predicted molar refractivity (Wildman–Crippen MR) is 49.5 cm³/mol. The molecule has 0 bridgehead atoms. The van der Waals surface area contributed by atoms with Crippen LogP contribution < -0.4 is 0 Å². The van der Waals surface area contributed by atoms with Crippen molar-refractivity contribution < 1.29 is 13.2 Å². The van der Waals surface area contributed by atoms with Gasteiger partial charge in [-0.3, -0.25) is 4.98 Å². The molecule has 1 aromatic heterocycles. The average Bonchev–Trinajstić information content (AvgIpc) is 2.23. The highest BCUT2D eigenvalue weighted by Crippen LogP contribution is 2.25.